The molecule has 12 heteroatoms. The molecule has 12 nitrogen and oxygen atoms in total. The summed E-state index contributed by atoms with van der Waals surface area (Å²) in [5.41, 5.74) is 10.8. The zero-order valence-electron chi connectivity index (χ0n) is 58.3. The van der Waals surface area contributed by atoms with E-state index in [-0.39, 0.29) is 56.0 Å². The Kier molecular flexibility index (Phi) is 29.7. The number of cyclic esters (lactones) is 1. The highest BCUT2D eigenvalue weighted by atomic mass is 16.5. The van der Waals surface area contributed by atoms with Gasteiger partial charge in [-0.15, -0.1) is 38.5 Å². The van der Waals surface area contributed by atoms with Crippen molar-refractivity contribution in [3.05, 3.63) is 94.5 Å². The third-order valence-corrected chi connectivity index (χ3v) is 14.2. The Labute approximate surface area is 533 Å². The normalized spacial score (nSPS) is 17.8. The molecule has 0 saturated heterocycles. The maximum Gasteiger partial charge on any atom is 0.330 e. The Balaban J connectivity index is 0.000000503. The number of H-pyrrole nitrogens is 2. The third kappa shape index (κ3) is 27.9. The Morgan fingerprint density at radius 1 is 0.591 bits per heavy atom. The van der Waals surface area contributed by atoms with E-state index in [1.54, 1.807) is 12.3 Å². The number of aromatic amines is 2. The molecule has 0 saturated carbocycles. The van der Waals surface area contributed by atoms with Crippen molar-refractivity contribution in [2.24, 2.45) is 53.0 Å². The van der Waals surface area contributed by atoms with Gasteiger partial charge in [0.2, 0.25) is 5.91 Å². The van der Waals surface area contributed by atoms with Crippen LogP contribution in [0.25, 0.3) is 0 Å². The highest BCUT2D eigenvalue weighted by Gasteiger charge is 2.31. The van der Waals surface area contributed by atoms with E-state index in [4.69, 9.17) is 43.3 Å². The number of aromatic nitrogens is 4. The van der Waals surface area contributed by atoms with Gasteiger partial charge in [-0.2, -0.15) is 5.10 Å². The molecule has 0 fully saturated rings. The van der Waals surface area contributed by atoms with Gasteiger partial charge in [-0.3, -0.25) is 24.9 Å². The van der Waals surface area contributed by atoms with Crippen molar-refractivity contribution in [2.45, 2.75) is 214 Å². The van der Waals surface area contributed by atoms with E-state index in [0.717, 1.165) is 97.5 Å². The first-order chi connectivity index (χ1) is 40.3. The lowest BCUT2D eigenvalue weighted by atomic mass is 9.79. The van der Waals surface area contributed by atoms with Crippen molar-refractivity contribution in [1.29, 1.82) is 0 Å². The summed E-state index contributed by atoms with van der Waals surface area (Å²) in [5.74, 6) is 16.5. The maximum absolute atomic E-state index is 11.3. The van der Waals surface area contributed by atoms with Gasteiger partial charge in [0.25, 0.3) is 0 Å². The molecule has 2 aromatic heterocycles. The van der Waals surface area contributed by atoms with E-state index in [1.807, 2.05) is 23.1 Å². The SMILES string of the molecule is C#CC1=NC(C(C)(C)C)=CC1.C#CC1=NCC(C(C)(C)C)C1.C#CC1=NCC=C1C(C)(C)C.C#CC1=NCC=C1C(C)(C)C.C#Cc1cc(C(C)(C)C)n[nH]1.C#Cc1ncc(C(C)(C)C)[nH]1.CC(C)(C)C1CC=CC(=O)O1.CC(C)(C)N1CCC=CC1=O. The van der Waals surface area contributed by atoms with Gasteiger partial charge in [-0.1, -0.05) is 205 Å². The fourth-order valence-corrected chi connectivity index (χ4v) is 8.51. The zero-order chi connectivity index (χ0) is 67.9. The number of terminal acetylenes is 6. The van der Waals surface area contributed by atoms with Crippen LogP contribution in [0.5, 0.6) is 0 Å². The number of imidazole rings is 1. The second-order valence-corrected chi connectivity index (χ2v) is 30.2. The lowest BCUT2D eigenvalue weighted by Crippen LogP contribution is -2.46. The van der Waals surface area contributed by atoms with Crippen LogP contribution in [0.1, 0.15) is 215 Å². The number of esters is 1. The van der Waals surface area contributed by atoms with Crippen molar-refractivity contribution >= 4 is 34.7 Å². The number of rotatable bonds is 0. The molecule has 8 rings (SSSR count). The minimum atomic E-state index is -0.212. The van der Waals surface area contributed by atoms with Gasteiger partial charge in [0.05, 0.1) is 30.2 Å². The van der Waals surface area contributed by atoms with Crippen LogP contribution in [0.4, 0.5) is 0 Å². The molecule has 474 valence electrons. The monoisotopic (exact) mass is 1190 g/mol. The number of aliphatic imine (C=N–C) groups is 4. The van der Waals surface area contributed by atoms with Crippen molar-refractivity contribution in [3.8, 4) is 74.1 Å². The summed E-state index contributed by atoms with van der Waals surface area (Å²) in [5, 5.41) is 6.87. The summed E-state index contributed by atoms with van der Waals surface area (Å²) < 4.78 is 5.12. The average molecular weight is 1190 g/mol. The van der Waals surface area contributed by atoms with E-state index in [2.05, 4.69) is 260 Å². The predicted octanol–water partition coefficient (Wildman–Crippen LogP) is 15.5. The summed E-state index contributed by atoms with van der Waals surface area (Å²) in [6.45, 7) is 54.4. The van der Waals surface area contributed by atoms with E-state index >= 15 is 0 Å². The highest BCUT2D eigenvalue weighted by molar-refractivity contribution is 6.15. The highest BCUT2D eigenvalue weighted by Crippen LogP contribution is 2.34. The van der Waals surface area contributed by atoms with Crippen molar-refractivity contribution in [2.75, 3.05) is 26.2 Å². The van der Waals surface area contributed by atoms with Gasteiger partial charge in [0.15, 0.2) is 5.82 Å². The molecule has 6 aliphatic heterocycles. The van der Waals surface area contributed by atoms with Gasteiger partial charge in [0, 0.05) is 77.8 Å². The number of hydrogen-bond donors (Lipinski definition) is 2. The summed E-state index contributed by atoms with van der Waals surface area (Å²) in [4.78, 5) is 48.0. The topological polar surface area (TPSA) is 153 Å². The molecule has 0 bridgehead atoms. The number of nitrogens with one attached hydrogen (secondary N) is 2. The fraction of sp³-hybridized carbons (Fsp3) is 0.553. The van der Waals surface area contributed by atoms with E-state index in [0.29, 0.717) is 17.2 Å². The van der Waals surface area contributed by atoms with Crippen molar-refractivity contribution in [3.63, 3.8) is 0 Å². The van der Waals surface area contributed by atoms with Crippen LogP contribution in [0.15, 0.2) is 91.6 Å². The second-order valence-electron chi connectivity index (χ2n) is 30.2. The number of carbonyl (C=O) groups is 2. The predicted molar refractivity (Wildman–Crippen MR) is 373 cm³/mol. The molecule has 2 aromatic rings. The van der Waals surface area contributed by atoms with E-state index in [9.17, 15) is 9.59 Å². The first-order valence-electron chi connectivity index (χ1n) is 30.4. The van der Waals surface area contributed by atoms with Crippen LogP contribution < -0.4 is 0 Å². The zero-order valence-corrected chi connectivity index (χ0v) is 58.3. The molecule has 6 aliphatic rings. The molecule has 0 radical (unpaired) electrons. The minimum Gasteiger partial charge on any atom is -0.458 e. The number of nitrogens with zero attached hydrogens (tertiary/aromatic N) is 7. The second kappa shape index (κ2) is 33.4. The van der Waals surface area contributed by atoms with Gasteiger partial charge in [0.1, 0.15) is 23.2 Å². The quantitative estimate of drug-likeness (QED) is 0.199. The number of ether oxygens (including phenoxy) is 1. The summed E-state index contributed by atoms with van der Waals surface area (Å²) in [7, 11) is 0. The number of allylic oxidation sites excluding steroid dienone is 4. The lowest BCUT2D eigenvalue weighted by Gasteiger charge is -2.36. The molecule has 0 spiro atoms. The van der Waals surface area contributed by atoms with Crippen LogP contribution in [0.2, 0.25) is 0 Å². The van der Waals surface area contributed by atoms with Gasteiger partial charge < -0.3 is 14.6 Å². The molecular formula is C76H107N9O3. The van der Waals surface area contributed by atoms with Gasteiger partial charge >= 0.3 is 5.97 Å². The number of hydrogen-bond acceptors (Lipinski definition) is 9. The van der Waals surface area contributed by atoms with Crippen molar-refractivity contribution < 1.29 is 14.3 Å². The van der Waals surface area contributed by atoms with E-state index in [1.165, 1.54) is 17.2 Å². The fourth-order valence-electron chi connectivity index (χ4n) is 8.51. The van der Waals surface area contributed by atoms with Crippen LogP contribution in [-0.4, -0.2) is 97.6 Å². The molecule has 2 N–H and O–H groups in total. The van der Waals surface area contributed by atoms with Crippen LogP contribution >= 0.6 is 0 Å². The standard InChI is InChI=1S/C10H15N.3C10H13N.2C9H12N2.C9H15NO.C9H14O2/c1-5-9-6-8(7-11-9)10(2,3)4;2*1-5-9-8(6-7-11-9)10(2,3)4;1-5-8-6-7-9(11-8)10(2,3)4;1-5-8-10-6-7(11-8)9(2,3)4;1-5-7-6-8(11-10-7)9(2,3)4;1-9(2,3)10-7-5-4-6-8(10)11;1-9(2,3)7-5-4-6-8(10)11-7/h1,8H,6-7H2,2-4H3;2*1,6H,7H2,2-4H3;1,7H,6H2,2-4H3;2*1,6H,2-4H3,(H,10,11);4,6H,5,7H2,1-3H3;4,6-7H,5H2,1-3H3. The van der Waals surface area contributed by atoms with E-state index < -0.39 is 0 Å². The van der Waals surface area contributed by atoms with Gasteiger partial charge in [-0.05, 0) is 84.0 Å². The summed E-state index contributed by atoms with van der Waals surface area (Å²) in [6.07, 6.45) is 50.2. The Hall–Kier alpha value is -7.90. The largest absolute Gasteiger partial charge is 0.458 e. The molecule has 88 heavy (non-hydrogen) atoms. The molecule has 0 aliphatic carbocycles. The molecular weight excluding hydrogens is 1090 g/mol. The number of amides is 1. The summed E-state index contributed by atoms with van der Waals surface area (Å²) >= 11 is 0. The first-order valence-corrected chi connectivity index (χ1v) is 30.4. The molecule has 2 atom stereocenters. The smallest absolute Gasteiger partial charge is 0.330 e. The van der Waals surface area contributed by atoms with Crippen LogP contribution in [0, 0.1) is 107 Å². The first kappa shape index (κ1) is 78.1. The van der Waals surface area contributed by atoms with Crippen LogP contribution in [-0.2, 0) is 25.2 Å². The molecule has 2 unspecified atom stereocenters. The average Bonchev–Trinajstić information content (AvgIpc) is 4.04. The molecule has 8 heterocycles. The summed E-state index contributed by atoms with van der Waals surface area (Å²) in [6, 6.07) is 1.90. The Morgan fingerprint density at radius 3 is 1.41 bits per heavy atom. The maximum atomic E-state index is 11.3. The van der Waals surface area contributed by atoms with Crippen LogP contribution in [0.3, 0.4) is 0 Å². The lowest BCUT2D eigenvalue weighted by molar-refractivity contribution is -0.149. The molecule has 1 amide bonds. The molecule has 0 aromatic carbocycles. The Morgan fingerprint density at radius 2 is 1.14 bits per heavy atom. The minimum absolute atomic E-state index is 0.0259. The Bertz CT molecular complexity index is 3110. The number of carbonyl (C=O) groups excluding carboxylic acids is 2. The van der Waals surface area contributed by atoms with Gasteiger partial charge in [-0.25, -0.2) is 14.8 Å². The van der Waals surface area contributed by atoms with Crippen molar-refractivity contribution in [1.82, 2.24) is 25.1 Å². The third-order valence-electron chi connectivity index (χ3n) is 14.2.